The van der Waals surface area contributed by atoms with Gasteiger partial charge in [-0.05, 0) is 81.3 Å². The van der Waals surface area contributed by atoms with Gasteiger partial charge in [0, 0.05) is 23.4 Å². The van der Waals surface area contributed by atoms with Gasteiger partial charge in [0.15, 0.2) is 0 Å². The number of hydrogen-bond donors (Lipinski definition) is 0. The number of carbonyl (C=O) groups excluding carboxylic acids is 3. The highest BCUT2D eigenvalue weighted by atomic mass is 79.9. The normalized spacial score (nSPS) is 11.7. The predicted octanol–water partition coefficient (Wildman–Crippen LogP) is 9.88. The zero-order chi connectivity index (χ0) is 36.3. The van der Waals surface area contributed by atoms with Crippen LogP contribution in [0.2, 0.25) is 36.3 Å². The molecule has 46 heavy (non-hydrogen) atoms. The van der Waals surface area contributed by atoms with E-state index in [9.17, 15) is 14.4 Å². The summed E-state index contributed by atoms with van der Waals surface area (Å²) in [6, 6.07) is 11.0. The van der Waals surface area contributed by atoms with Gasteiger partial charge in [0.1, 0.15) is 11.5 Å². The van der Waals surface area contributed by atoms with Gasteiger partial charge in [0.05, 0.1) is 31.5 Å². The third-order valence-corrected chi connectivity index (χ3v) is 17.4. The zero-order valence-corrected chi connectivity index (χ0v) is 34.5. The van der Waals surface area contributed by atoms with Crippen LogP contribution in [0.25, 0.3) is 0 Å². The number of halogens is 1. The Balaban J connectivity index is 0.000000732. The van der Waals surface area contributed by atoms with E-state index < -0.39 is 16.6 Å². The van der Waals surface area contributed by atoms with Gasteiger partial charge in [-0.25, -0.2) is 9.59 Å². The van der Waals surface area contributed by atoms with Crippen molar-refractivity contribution in [2.24, 2.45) is 0 Å². The van der Waals surface area contributed by atoms with Gasteiger partial charge in [-0.3, -0.25) is 4.79 Å². The molecule has 0 unspecified atom stereocenters. The first-order valence-electron chi connectivity index (χ1n) is 15.4. The van der Waals surface area contributed by atoms with E-state index in [1.165, 1.54) is 21.1 Å². The van der Waals surface area contributed by atoms with Gasteiger partial charge < -0.3 is 23.1 Å². The maximum absolute atomic E-state index is 11.8. The van der Waals surface area contributed by atoms with Crippen molar-refractivity contribution < 1.29 is 37.4 Å². The molecular formula is C35H57BrO8Si2. The summed E-state index contributed by atoms with van der Waals surface area (Å²) in [5.74, 6) is 0.694. The molecule has 0 atom stereocenters. The molecule has 2 aromatic carbocycles. The summed E-state index contributed by atoms with van der Waals surface area (Å²) in [6.45, 7) is 28.9. The van der Waals surface area contributed by atoms with Crippen LogP contribution in [-0.2, 0) is 24.3 Å². The number of carbonyl (C=O) groups is 3. The van der Waals surface area contributed by atoms with Crippen LogP contribution >= 0.6 is 15.9 Å². The summed E-state index contributed by atoms with van der Waals surface area (Å²) >= 11 is 3.44. The summed E-state index contributed by atoms with van der Waals surface area (Å²) in [7, 11) is -1.05. The van der Waals surface area contributed by atoms with Crippen molar-refractivity contribution >= 4 is 50.5 Å². The second-order valence-corrected chi connectivity index (χ2v) is 24.2. The van der Waals surface area contributed by atoms with Crippen LogP contribution < -0.4 is 8.85 Å². The molecule has 0 saturated carbocycles. The van der Waals surface area contributed by atoms with Gasteiger partial charge in [0.25, 0.3) is 0 Å². The summed E-state index contributed by atoms with van der Waals surface area (Å²) in [4.78, 5) is 33.5. The molecule has 0 aliphatic carbocycles. The van der Waals surface area contributed by atoms with Crippen LogP contribution in [0, 0.1) is 6.92 Å². The van der Waals surface area contributed by atoms with Crippen molar-refractivity contribution in [3.8, 4) is 11.5 Å². The quantitative estimate of drug-likeness (QED) is 0.114. The first kappa shape index (κ1) is 43.4. The number of rotatable bonds is 8. The second-order valence-electron chi connectivity index (χ2n) is 14.2. The van der Waals surface area contributed by atoms with Gasteiger partial charge in [-0.2, -0.15) is 0 Å². The minimum absolute atomic E-state index is 0.0255. The van der Waals surface area contributed by atoms with Crippen molar-refractivity contribution in [1.29, 1.82) is 0 Å². The van der Waals surface area contributed by atoms with E-state index >= 15 is 0 Å². The van der Waals surface area contributed by atoms with Crippen LogP contribution in [0.3, 0.4) is 0 Å². The fraction of sp³-hybridized carbons (Fsp3) is 0.571. The first-order chi connectivity index (χ1) is 20.9. The van der Waals surface area contributed by atoms with E-state index in [-0.39, 0.29) is 34.1 Å². The molecule has 0 N–H and O–H groups in total. The lowest BCUT2D eigenvalue weighted by molar-refractivity contribution is -0.144. The molecule has 0 heterocycles. The Labute approximate surface area is 288 Å². The molecule has 0 saturated heterocycles. The van der Waals surface area contributed by atoms with E-state index in [0.717, 1.165) is 22.6 Å². The summed E-state index contributed by atoms with van der Waals surface area (Å²) in [5.41, 5.74) is 2.82. The molecule has 0 amide bonds. The van der Waals surface area contributed by atoms with E-state index in [1.807, 2.05) is 45.0 Å². The second kappa shape index (κ2) is 18.1. The zero-order valence-electron chi connectivity index (χ0n) is 30.9. The Morgan fingerprint density at radius 2 is 1.13 bits per heavy atom. The molecule has 0 fully saturated rings. The number of hydrogen-bond acceptors (Lipinski definition) is 8. The Hall–Kier alpha value is -2.64. The van der Waals surface area contributed by atoms with E-state index in [1.54, 1.807) is 12.1 Å². The first-order valence-corrected chi connectivity index (χ1v) is 22.3. The molecule has 8 nitrogen and oxygen atoms in total. The van der Waals surface area contributed by atoms with Crippen LogP contribution in [0.4, 0.5) is 0 Å². The molecule has 0 spiro atoms. The van der Waals surface area contributed by atoms with Crippen LogP contribution in [0.5, 0.6) is 11.5 Å². The van der Waals surface area contributed by atoms with Crippen molar-refractivity contribution in [3.63, 3.8) is 0 Å². The number of methoxy groups -OCH3 is 2. The van der Waals surface area contributed by atoms with Crippen molar-refractivity contribution in [1.82, 2.24) is 0 Å². The molecule has 11 heteroatoms. The van der Waals surface area contributed by atoms with Gasteiger partial charge in [-0.15, -0.1) is 0 Å². The van der Waals surface area contributed by atoms with E-state index in [0.29, 0.717) is 16.5 Å². The maximum atomic E-state index is 11.8. The van der Waals surface area contributed by atoms with Crippen molar-refractivity contribution in [2.75, 3.05) is 14.2 Å². The summed E-state index contributed by atoms with van der Waals surface area (Å²) < 4.78 is 26.8. The van der Waals surface area contributed by atoms with Gasteiger partial charge in [0.2, 0.25) is 16.6 Å². The molecule has 0 aliphatic rings. The number of alkyl halides is 1. The van der Waals surface area contributed by atoms with Crippen LogP contribution in [-0.4, -0.2) is 54.9 Å². The molecule has 0 aromatic heterocycles. The molecule has 2 aromatic rings. The van der Waals surface area contributed by atoms with Gasteiger partial charge in [-0.1, -0.05) is 69.6 Å². The largest absolute Gasteiger partial charge is 0.543 e. The highest BCUT2D eigenvalue weighted by Gasteiger charge is 2.40. The Bertz CT molecular complexity index is 1310. The third-order valence-electron chi connectivity index (χ3n) is 8.11. The van der Waals surface area contributed by atoms with Crippen molar-refractivity contribution in [3.05, 3.63) is 58.7 Å². The molecular weight excluding hydrogens is 684 g/mol. The SMILES string of the molecule is CC(=O)OC(C)C.COC(=O)c1cccc(O[Si](C)(C)C(C)(C)C)c1C.COC(=O)c1cccc(O[Si](C)(C)C(C)(C)C)c1CBr. The lowest BCUT2D eigenvalue weighted by Gasteiger charge is -2.37. The molecule has 0 aliphatic heterocycles. The van der Waals surface area contributed by atoms with E-state index in [4.69, 9.17) is 18.3 Å². The molecule has 2 rings (SSSR count). The average molecular weight is 742 g/mol. The Morgan fingerprint density at radius 1 is 0.739 bits per heavy atom. The van der Waals surface area contributed by atoms with Crippen molar-refractivity contribution in [2.45, 2.75) is 117 Å². The third kappa shape index (κ3) is 13.2. The summed E-state index contributed by atoms with van der Waals surface area (Å²) in [6.07, 6.45) is 0.0255. The molecule has 0 bridgehead atoms. The van der Waals surface area contributed by atoms with Crippen LogP contribution in [0.1, 0.15) is 94.2 Å². The standard InChI is InChI=1S/C15H23BrO3Si.C15H24O3Si.C5H10O2/c1-15(2,3)20(5,6)19-13-9-7-8-11(12(13)10-16)14(17)18-4;1-11-12(14(16)17-5)9-8-10-13(11)18-19(6,7)15(2,3)4;1-4(2)7-5(3)6/h7-9H,10H2,1-6H3;8-10H,1-7H3;4H,1-3H3. The Kier molecular flexibility index (Phi) is 17.0. The Morgan fingerprint density at radius 3 is 1.48 bits per heavy atom. The topological polar surface area (TPSA) is 97.4 Å². The predicted molar refractivity (Wildman–Crippen MR) is 195 cm³/mol. The fourth-order valence-electron chi connectivity index (χ4n) is 3.34. The monoisotopic (exact) mass is 740 g/mol. The maximum Gasteiger partial charge on any atom is 0.338 e. The fourth-order valence-corrected chi connectivity index (χ4v) is 6.05. The number of ether oxygens (including phenoxy) is 3. The highest BCUT2D eigenvalue weighted by Crippen LogP contribution is 2.40. The van der Waals surface area contributed by atoms with Gasteiger partial charge >= 0.3 is 17.9 Å². The molecule has 260 valence electrons. The van der Waals surface area contributed by atoms with E-state index in [2.05, 4.69) is 88.4 Å². The number of esters is 3. The average Bonchev–Trinajstić information content (AvgIpc) is 2.91. The molecule has 0 radical (unpaired) electrons. The minimum atomic E-state index is -1.93. The lowest BCUT2D eigenvalue weighted by atomic mass is 10.1. The number of benzene rings is 2. The minimum Gasteiger partial charge on any atom is -0.543 e. The summed E-state index contributed by atoms with van der Waals surface area (Å²) in [5, 5.41) is 0.792. The smallest absolute Gasteiger partial charge is 0.338 e. The highest BCUT2D eigenvalue weighted by molar-refractivity contribution is 9.08. The lowest BCUT2D eigenvalue weighted by Crippen LogP contribution is -2.44. The van der Waals surface area contributed by atoms with Crippen LogP contribution in [0.15, 0.2) is 36.4 Å².